The molecule has 0 spiro atoms. The molecule has 0 aliphatic rings. The number of aryl methyl sites for hydroxylation is 4. The van der Waals surface area contributed by atoms with E-state index in [0.717, 1.165) is 34.4 Å². The van der Waals surface area contributed by atoms with Gasteiger partial charge in [-0.2, -0.15) is 36.4 Å². The van der Waals surface area contributed by atoms with Crippen LogP contribution < -0.4 is 0 Å². The molecule has 0 aromatic heterocycles. The lowest BCUT2D eigenvalue weighted by Gasteiger charge is -2.39. The first kappa shape index (κ1) is 24.2. The number of halogens is 6. The van der Waals surface area contributed by atoms with Crippen molar-refractivity contribution in [2.24, 2.45) is 0 Å². The topological polar surface area (TPSA) is 0 Å². The molecule has 0 aliphatic carbocycles. The Kier molecular flexibility index (Phi) is 6.19. The molecule has 3 aromatic carbocycles. The number of hydrogen-bond acceptors (Lipinski definition) is 0. The van der Waals surface area contributed by atoms with Gasteiger partial charge in [0.05, 0.1) is 11.1 Å². The van der Waals surface area contributed by atoms with Crippen LogP contribution in [0.2, 0.25) is 0 Å². The lowest BCUT2D eigenvalue weighted by molar-refractivity contribution is -0.143. The van der Waals surface area contributed by atoms with Crippen molar-refractivity contribution in [3.63, 3.8) is 0 Å². The summed E-state index contributed by atoms with van der Waals surface area (Å²) >= 11 is 0. The van der Waals surface area contributed by atoms with Crippen LogP contribution in [0.5, 0.6) is 0 Å². The maximum absolute atomic E-state index is 13.6. The van der Waals surface area contributed by atoms with E-state index in [1.807, 2.05) is 64.1 Å². The standard InChI is InChI=1S/C25H24F6S/c1-15-6-16(2)9-21(8-15)32(5,22-10-17(3)7-18(4)11-22)23-13-19(24(26,27)28)12-20(14-23)25(29,30)31/h6-14H,1-5H3. The zero-order valence-corrected chi connectivity index (χ0v) is 19.2. The molecule has 0 saturated heterocycles. The summed E-state index contributed by atoms with van der Waals surface area (Å²) in [5.74, 6) is 0. The van der Waals surface area contributed by atoms with Crippen LogP contribution in [0.3, 0.4) is 0 Å². The average Bonchev–Trinajstić information content (AvgIpc) is 2.64. The van der Waals surface area contributed by atoms with E-state index in [-0.39, 0.29) is 11.0 Å². The Balaban J connectivity index is 2.46. The molecule has 0 saturated carbocycles. The van der Waals surface area contributed by atoms with E-state index >= 15 is 0 Å². The third kappa shape index (κ3) is 4.82. The summed E-state index contributed by atoms with van der Waals surface area (Å²) in [5.41, 5.74) is 0.985. The number of alkyl halides is 6. The largest absolute Gasteiger partial charge is 0.416 e. The van der Waals surface area contributed by atoms with Crippen molar-refractivity contribution < 1.29 is 26.3 Å². The van der Waals surface area contributed by atoms with Crippen molar-refractivity contribution >= 4 is 10.0 Å². The summed E-state index contributed by atoms with van der Waals surface area (Å²) < 4.78 is 81.8. The van der Waals surface area contributed by atoms with Gasteiger partial charge in [-0.15, -0.1) is 0 Å². The summed E-state index contributed by atoms with van der Waals surface area (Å²) in [7, 11) is -2.43. The lowest BCUT2D eigenvalue weighted by atomic mass is 10.1. The second-order valence-electron chi connectivity index (χ2n) is 8.31. The molecule has 172 valence electrons. The molecule has 0 unspecified atom stereocenters. The van der Waals surface area contributed by atoms with Crippen molar-refractivity contribution in [1.82, 2.24) is 0 Å². The van der Waals surface area contributed by atoms with E-state index in [4.69, 9.17) is 0 Å². The highest BCUT2D eigenvalue weighted by Gasteiger charge is 2.39. The molecule has 3 aromatic rings. The van der Waals surface area contributed by atoms with E-state index in [1.165, 1.54) is 0 Å². The molecule has 7 heteroatoms. The first-order chi connectivity index (χ1) is 14.6. The molecule has 0 aliphatic heterocycles. The highest BCUT2D eigenvalue weighted by Crippen LogP contribution is 2.67. The third-order valence-electron chi connectivity index (χ3n) is 5.37. The molecular weight excluding hydrogens is 446 g/mol. The molecule has 0 heterocycles. The van der Waals surface area contributed by atoms with Gasteiger partial charge in [-0.3, -0.25) is 0 Å². The summed E-state index contributed by atoms with van der Waals surface area (Å²) in [6.45, 7) is 7.46. The Bertz CT molecular complexity index is 1030. The van der Waals surface area contributed by atoms with E-state index in [1.54, 1.807) is 6.26 Å². The van der Waals surface area contributed by atoms with E-state index < -0.39 is 33.5 Å². The van der Waals surface area contributed by atoms with E-state index in [2.05, 4.69) is 0 Å². The lowest BCUT2D eigenvalue weighted by Crippen LogP contribution is -2.13. The Morgan fingerprint density at radius 2 is 0.750 bits per heavy atom. The molecule has 0 radical (unpaired) electrons. The van der Waals surface area contributed by atoms with Crippen LogP contribution in [0.25, 0.3) is 0 Å². The van der Waals surface area contributed by atoms with Crippen molar-refractivity contribution in [2.45, 2.75) is 54.7 Å². The first-order valence-corrected chi connectivity index (χ1v) is 11.9. The quantitative estimate of drug-likeness (QED) is 0.335. The Hall–Kier alpha value is -2.41. The molecule has 0 nitrogen and oxygen atoms in total. The Labute approximate surface area is 185 Å². The second-order valence-corrected chi connectivity index (χ2v) is 11.6. The monoisotopic (exact) mass is 470 g/mol. The molecule has 3 rings (SSSR count). The summed E-state index contributed by atoms with van der Waals surface area (Å²) in [6, 6.07) is 13.2. The minimum absolute atomic E-state index is 0.0228. The Morgan fingerprint density at radius 1 is 0.469 bits per heavy atom. The molecule has 0 amide bonds. The van der Waals surface area contributed by atoms with Crippen molar-refractivity contribution in [3.8, 4) is 0 Å². The highest BCUT2D eigenvalue weighted by atomic mass is 32.3. The van der Waals surface area contributed by atoms with Gasteiger partial charge in [0.25, 0.3) is 0 Å². The van der Waals surface area contributed by atoms with Crippen LogP contribution in [0.4, 0.5) is 26.3 Å². The predicted octanol–water partition coefficient (Wildman–Crippen LogP) is 8.87. The summed E-state index contributed by atoms with van der Waals surface area (Å²) in [6.07, 6.45) is -8.03. The zero-order chi connectivity index (χ0) is 24.1. The summed E-state index contributed by atoms with van der Waals surface area (Å²) in [4.78, 5) is 1.45. The average molecular weight is 471 g/mol. The van der Waals surface area contributed by atoms with Gasteiger partial charge in [0, 0.05) is 0 Å². The number of hydrogen-bond donors (Lipinski definition) is 0. The number of rotatable bonds is 3. The normalized spacial score (nSPS) is 13.3. The van der Waals surface area contributed by atoms with Crippen molar-refractivity contribution in [1.29, 1.82) is 0 Å². The van der Waals surface area contributed by atoms with Gasteiger partial charge in [0.2, 0.25) is 0 Å². The maximum Gasteiger partial charge on any atom is 0.416 e. The SMILES string of the molecule is Cc1cc(C)cc(S(C)(c2cc(C)cc(C)c2)c2cc(C(F)(F)F)cc(C(F)(F)F)c2)c1. The van der Waals surface area contributed by atoms with Crippen LogP contribution in [0.1, 0.15) is 33.4 Å². The third-order valence-corrected chi connectivity index (χ3v) is 8.90. The second kappa shape index (κ2) is 8.18. The van der Waals surface area contributed by atoms with Gasteiger partial charge in [-0.1, -0.05) is 12.1 Å². The molecular formula is C25H24F6S. The summed E-state index contributed by atoms with van der Waals surface area (Å²) in [5, 5.41) is 0. The molecule has 0 N–H and O–H groups in total. The van der Waals surface area contributed by atoms with Crippen molar-refractivity contribution in [2.75, 3.05) is 6.26 Å². The van der Waals surface area contributed by atoms with Gasteiger partial charge < -0.3 is 0 Å². The highest BCUT2D eigenvalue weighted by molar-refractivity contribution is 8.33. The van der Waals surface area contributed by atoms with Crippen LogP contribution in [0, 0.1) is 27.7 Å². The van der Waals surface area contributed by atoms with Gasteiger partial charge in [-0.25, -0.2) is 0 Å². The van der Waals surface area contributed by atoms with Crippen LogP contribution >= 0.6 is 10.0 Å². The van der Waals surface area contributed by atoms with Gasteiger partial charge >= 0.3 is 12.4 Å². The van der Waals surface area contributed by atoms with E-state index in [0.29, 0.717) is 9.79 Å². The van der Waals surface area contributed by atoms with Gasteiger partial charge in [0.1, 0.15) is 0 Å². The molecule has 0 fully saturated rings. The molecule has 0 bridgehead atoms. The fourth-order valence-corrected chi connectivity index (χ4v) is 7.14. The number of benzene rings is 3. The Morgan fingerprint density at radius 3 is 1.03 bits per heavy atom. The predicted molar refractivity (Wildman–Crippen MR) is 117 cm³/mol. The van der Waals surface area contributed by atoms with Crippen molar-refractivity contribution in [3.05, 3.63) is 88.0 Å². The minimum atomic E-state index is -4.90. The van der Waals surface area contributed by atoms with Gasteiger partial charge in [-0.05, 0) is 113 Å². The van der Waals surface area contributed by atoms with Crippen LogP contribution in [0.15, 0.2) is 69.3 Å². The van der Waals surface area contributed by atoms with Crippen LogP contribution in [-0.2, 0) is 12.4 Å². The zero-order valence-electron chi connectivity index (χ0n) is 18.4. The molecule has 32 heavy (non-hydrogen) atoms. The first-order valence-electron chi connectivity index (χ1n) is 9.85. The minimum Gasteiger partial charge on any atom is -0.166 e. The maximum atomic E-state index is 13.6. The smallest absolute Gasteiger partial charge is 0.166 e. The van der Waals surface area contributed by atoms with Crippen LogP contribution in [-0.4, -0.2) is 6.26 Å². The van der Waals surface area contributed by atoms with E-state index in [9.17, 15) is 26.3 Å². The fraction of sp³-hybridized carbons (Fsp3) is 0.280. The molecule has 0 atom stereocenters. The fourth-order valence-electron chi connectivity index (χ4n) is 3.91. The van der Waals surface area contributed by atoms with Gasteiger partial charge in [0.15, 0.2) is 0 Å².